The average molecular weight is 271 g/mol. The minimum Gasteiger partial charge on any atom is -0.369 e. The van der Waals surface area contributed by atoms with Crippen LogP contribution in [0.3, 0.4) is 0 Å². The molecule has 1 N–H and O–H groups in total. The summed E-state index contributed by atoms with van der Waals surface area (Å²) < 4.78 is 1.05. The largest absolute Gasteiger partial charge is 0.369 e. The lowest BCUT2D eigenvalue weighted by atomic mass is 10.0. The van der Waals surface area contributed by atoms with Gasteiger partial charge in [-0.25, -0.2) is 4.98 Å². The third-order valence-corrected chi connectivity index (χ3v) is 3.30. The summed E-state index contributed by atoms with van der Waals surface area (Å²) in [5.74, 6) is 1.69. The van der Waals surface area contributed by atoms with E-state index in [1.807, 2.05) is 13.1 Å². The molecular weight excluding hydrogens is 252 g/mol. The number of aryl methyl sites for hydroxylation is 1. The van der Waals surface area contributed by atoms with Gasteiger partial charge in [0.05, 0.1) is 4.47 Å². The van der Waals surface area contributed by atoms with Crippen molar-refractivity contribution in [1.29, 1.82) is 0 Å². The second-order valence-corrected chi connectivity index (χ2v) is 4.76. The van der Waals surface area contributed by atoms with Gasteiger partial charge in [-0.3, -0.25) is 0 Å². The van der Waals surface area contributed by atoms with Crippen molar-refractivity contribution >= 4 is 21.7 Å². The fraction of sp³-hybridized carbons (Fsp3) is 0.583. The third kappa shape index (κ3) is 3.82. The number of nitrogens with zero attached hydrogens (tertiary/aromatic N) is 1. The number of anilines is 1. The number of halogens is 1. The van der Waals surface area contributed by atoms with Crippen LogP contribution in [0.15, 0.2) is 16.7 Å². The van der Waals surface area contributed by atoms with Crippen molar-refractivity contribution in [1.82, 2.24) is 4.98 Å². The van der Waals surface area contributed by atoms with Crippen molar-refractivity contribution in [3.63, 3.8) is 0 Å². The summed E-state index contributed by atoms with van der Waals surface area (Å²) in [4.78, 5) is 4.36. The number of rotatable bonds is 5. The maximum Gasteiger partial charge on any atom is 0.140 e. The number of hydrogen-bond acceptors (Lipinski definition) is 2. The minimum atomic E-state index is 0.736. The van der Waals surface area contributed by atoms with Crippen molar-refractivity contribution in [3.8, 4) is 0 Å². The van der Waals surface area contributed by atoms with E-state index < -0.39 is 0 Å². The van der Waals surface area contributed by atoms with E-state index in [0.29, 0.717) is 0 Å². The highest BCUT2D eigenvalue weighted by Crippen LogP contribution is 2.21. The molecule has 0 aliphatic carbocycles. The van der Waals surface area contributed by atoms with Gasteiger partial charge < -0.3 is 5.32 Å². The van der Waals surface area contributed by atoms with Gasteiger partial charge in [-0.1, -0.05) is 26.7 Å². The second kappa shape index (κ2) is 6.11. The predicted octanol–water partition coefficient (Wildman–Crippen LogP) is 4.00. The van der Waals surface area contributed by atoms with Crippen molar-refractivity contribution in [2.75, 3.05) is 11.9 Å². The first-order chi connectivity index (χ1) is 7.17. The highest BCUT2D eigenvalue weighted by molar-refractivity contribution is 9.10. The van der Waals surface area contributed by atoms with Crippen LogP contribution in [0, 0.1) is 12.8 Å². The van der Waals surface area contributed by atoms with Gasteiger partial charge in [0.15, 0.2) is 0 Å². The first-order valence-electron chi connectivity index (χ1n) is 5.53. The first-order valence-corrected chi connectivity index (χ1v) is 6.32. The monoisotopic (exact) mass is 270 g/mol. The van der Waals surface area contributed by atoms with E-state index >= 15 is 0 Å². The zero-order valence-corrected chi connectivity index (χ0v) is 11.3. The summed E-state index contributed by atoms with van der Waals surface area (Å²) in [6.07, 6.45) is 4.32. The Morgan fingerprint density at radius 1 is 1.40 bits per heavy atom. The van der Waals surface area contributed by atoms with Crippen LogP contribution in [0.1, 0.15) is 32.3 Å². The lowest BCUT2D eigenvalue weighted by molar-refractivity contribution is 0.518. The maximum absolute atomic E-state index is 4.36. The molecule has 1 heterocycles. The molecule has 0 aliphatic heterocycles. The Bertz CT molecular complexity index is 308. The molecule has 0 amide bonds. The Hall–Kier alpha value is -0.570. The summed E-state index contributed by atoms with van der Waals surface area (Å²) >= 11 is 3.52. The van der Waals surface area contributed by atoms with E-state index in [1.54, 1.807) is 0 Å². The molecule has 0 radical (unpaired) electrons. The highest BCUT2D eigenvalue weighted by Gasteiger charge is 2.05. The normalized spacial score (nSPS) is 10.7. The summed E-state index contributed by atoms with van der Waals surface area (Å²) in [7, 11) is 0. The van der Waals surface area contributed by atoms with Crippen LogP contribution in [0.25, 0.3) is 0 Å². The third-order valence-electron chi connectivity index (χ3n) is 2.69. The zero-order valence-electron chi connectivity index (χ0n) is 9.68. The Labute approximate surface area is 101 Å². The van der Waals surface area contributed by atoms with Gasteiger partial charge in [-0.2, -0.15) is 0 Å². The molecule has 15 heavy (non-hydrogen) atoms. The number of aromatic nitrogens is 1. The van der Waals surface area contributed by atoms with Gasteiger partial charge in [0, 0.05) is 12.7 Å². The van der Waals surface area contributed by atoms with Crippen molar-refractivity contribution in [3.05, 3.63) is 22.3 Å². The molecule has 0 spiro atoms. The molecule has 1 rings (SSSR count). The van der Waals surface area contributed by atoms with Crippen LogP contribution < -0.4 is 5.32 Å². The summed E-state index contributed by atoms with van der Waals surface area (Å²) in [6.45, 7) is 7.50. The van der Waals surface area contributed by atoms with Crippen LogP contribution in [-0.4, -0.2) is 11.5 Å². The molecule has 0 saturated carbocycles. The summed E-state index contributed by atoms with van der Waals surface area (Å²) in [5.41, 5.74) is 1.18. The molecule has 0 saturated heterocycles. The zero-order chi connectivity index (χ0) is 11.3. The molecule has 1 aromatic rings. The molecule has 0 fully saturated rings. The maximum atomic E-state index is 4.36. The van der Waals surface area contributed by atoms with Crippen molar-refractivity contribution in [2.45, 2.75) is 33.6 Å². The molecule has 1 aromatic heterocycles. The van der Waals surface area contributed by atoms with Crippen LogP contribution in [0.4, 0.5) is 5.82 Å². The van der Waals surface area contributed by atoms with E-state index in [2.05, 4.69) is 46.1 Å². The lowest BCUT2D eigenvalue weighted by Crippen LogP contribution is -2.13. The second-order valence-electron chi connectivity index (χ2n) is 3.91. The van der Waals surface area contributed by atoms with Gasteiger partial charge in [0.2, 0.25) is 0 Å². The minimum absolute atomic E-state index is 0.736. The lowest BCUT2D eigenvalue weighted by Gasteiger charge is -2.14. The van der Waals surface area contributed by atoms with E-state index in [4.69, 9.17) is 0 Å². The first kappa shape index (κ1) is 12.5. The van der Waals surface area contributed by atoms with Crippen LogP contribution in [0.5, 0.6) is 0 Å². The van der Waals surface area contributed by atoms with Gasteiger partial charge >= 0.3 is 0 Å². The summed E-state index contributed by atoms with van der Waals surface area (Å²) in [6, 6.07) is 2.09. The molecule has 84 valence electrons. The molecular formula is C12H19BrN2. The molecule has 0 unspecified atom stereocenters. The molecule has 0 aromatic carbocycles. The van der Waals surface area contributed by atoms with Gasteiger partial charge in [-0.15, -0.1) is 0 Å². The Balaban J connectivity index is 2.57. The van der Waals surface area contributed by atoms with Crippen molar-refractivity contribution in [2.24, 2.45) is 5.92 Å². The number of nitrogens with one attached hydrogen (secondary N) is 1. The van der Waals surface area contributed by atoms with E-state index in [-0.39, 0.29) is 0 Å². The van der Waals surface area contributed by atoms with Crippen molar-refractivity contribution < 1.29 is 0 Å². The van der Waals surface area contributed by atoms with Crippen LogP contribution in [0.2, 0.25) is 0 Å². The van der Waals surface area contributed by atoms with Gasteiger partial charge in [0.25, 0.3) is 0 Å². The van der Waals surface area contributed by atoms with Crippen LogP contribution >= 0.6 is 15.9 Å². The SMILES string of the molecule is CCC(CC)CNc1ncc(C)cc1Br. The number of pyridine rings is 1. The quantitative estimate of drug-likeness (QED) is 0.875. The van der Waals surface area contributed by atoms with E-state index in [0.717, 1.165) is 22.8 Å². The average Bonchev–Trinajstić information content (AvgIpc) is 2.22. The van der Waals surface area contributed by atoms with E-state index in [9.17, 15) is 0 Å². The van der Waals surface area contributed by atoms with Crippen LogP contribution in [-0.2, 0) is 0 Å². The van der Waals surface area contributed by atoms with Gasteiger partial charge in [0.1, 0.15) is 5.82 Å². The number of hydrogen-bond donors (Lipinski definition) is 1. The predicted molar refractivity (Wildman–Crippen MR) is 69.2 cm³/mol. The fourth-order valence-corrected chi connectivity index (χ4v) is 2.09. The highest BCUT2D eigenvalue weighted by atomic mass is 79.9. The van der Waals surface area contributed by atoms with E-state index in [1.165, 1.54) is 18.4 Å². The molecule has 0 atom stereocenters. The molecule has 3 heteroatoms. The molecule has 0 bridgehead atoms. The smallest absolute Gasteiger partial charge is 0.140 e. The Morgan fingerprint density at radius 2 is 2.07 bits per heavy atom. The van der Waals surface area contributed by atoms with Gasteiger partial charge in [-0.05, 0) is 40.4 Å². The fourth-order valence-electron chi connectivity index (χ4n) is 1.48. The Kier molecular flexibility index (Phi) is 5.09. The topological polar surface area (TPSA) is 24.9 Å². The summed E-state index contributed by atoms with van der Waals surface area (Å²) in [5, 5.41) is 3.38. The molecule has 0 aliphatic rings. The Morgan fingerprint density at radius 3 is 2.60 bits per heavy atom. The molecule has 2 nitrogen and oxygen atoms in total. The standard InChI is InChI=1S/C12H19BrN2/c1-4-10(5-2)8-15-12-11(13)6-9(3)7-14-12/h6-7,10H,4-5,8H2,1-3H3,(H,14,15).